The van der Waals surface area contributed by atoms with Crippen LogP contribution >= 0.6 is 0 Å². The number of rotatable bonds is 3. The van der Waals surface area contributed by atoms with Crippen LogP contribution in [0.2, 0.25) is 0 Å². The Morgan fingerprint density at radius 2 is 2.17 bits per heavy atom. The van der Waals surface area contributed by atoms with Crippen molar-refractivity contribution in [3.8, 4) is 11.9 Å². The number of ether oxygens (including phenoxy) is 1. The van der Waals surface area contributed by atoms with Gasteiger partial charge in [-0.15, -0.1) is 0 Å². The summed E-state index contributed by atoms with van der Waals surface area (Å²) in [6.07, 6.45) is 1.33. The Morgan fingerprint density at radius 1 is 1.39 bits per heavy atom. The summed E-state index contributed by atoms with van der Waals surface area (Å²) in [6, 6.07) is 7.89. The number of carbonyl (C=O) groups is 1. The predicted molar refractivity (Wildman–Crippen MR) is 78.7 cm³/mol. The van der Waals surface area contributed by atoms with Crippen molar-refractivity contribution in [1.82, 2.24) is 19.7 Å². The van der Waals surface area contributed by atoms with Crippen LogP contribution in [0.5, 0.6) is 5.88 Å². The fraction of sp³-hybridized carbons (Fsp3) is 0.267. The van der Waals surface area contributed by atoms with Crippen molar-refractivity contribution in [1.29, 1.82) is 5.26 Å². The van der Waals surface area contributed by atoms with Gasteiger partial charge >= 0.3 is 0 Å². The Labute approximate surface area is 131 Å². The first kappa shape index (κ1) is 14.7. The van der Waals surface area contributed by atoms with E-state index >= 15 is 0 Å². The molecule has 3 heterocycles. The molecule has 0 spiro atoms. The van der Waals surface area contributed by atoms with E-state index in [-0.39, 0.29) is 23.3 Å². The average Bonchev–Trinajstić information content (AvgIpc) is 2.52. The molecule has 8 nitrogen and oxygen atoms in total. The van der Waals surface area contributed by atoms with Gasteiger partial charge in [0.25, 0.3) is 11.5 Å². The van der Waals surface area contributed by atoms with Gasteiger partial charge in [-0.1, -0.05) is 0 Å². The van der Waals surface area contributed by atoms with E-state index in [1.54, 1.807) is 17.0 Å². The van der Waals surface area contributed by atoms with Crippen LogP contribution in [0.3, 0.4) is 0 Å². The zero-order chi connectivity index (χ0) is 16.4. The maximum Gasteiger partial charge on any atom is 0.274 e. The molecule has 1 saturated heterocycles. The summed E-state index contributed by atoms with van der Waals surface area (Å²) in [7, 11) is 1.50. The molecule has 2 aromatic heterocycles. The first-order chi connectivity index (χ1) is 11.1. The number of nitrogens with zero attached hydrogens (tertiary/aromatic N) is 5. The summed E-state index contributed by atoms with van der Waals surface area (Å²) in [4.78, 5) is 29.1. The Bertz CT molecular complexity index is 849. The molecule has 116 valence electrons. The Kier molecular flexibility index (Phi) is 3.76. The van der Waals surface area contributed by atoms with Crippen LogP contribution in [0.4, 0.5) is 0 Å². The van der Waals surface area contributed by atoms with Gasteiger partial charge in [-0.2, -0.15) is 10.4 Å². The summed E-state index contributed by atoms with van der Waals surface area (Å²) in [5.74, 6) is 0.112. The lowest BCUT2D eigenvalue weighted by atomic mass is 10.1. The van der Waals surface area contributed by atoms with Gasteiger partial charge in [0.2, 0.25) is 5.88 Å². The molecule has 0 aliphatic carbocycles. The minimum atomic E-state index is -0.269. The lowest BCUT2D eigenvalue weighted by Crippen LogP contribution is -2.56. The number of amides is 1. The molecular formula is C15H13N5O3. The third kappa shape index (κ3) is 3.03. The molecular weight excluding hydrogens is 298 g/mol. The second kappa shape index (κ2) is 5.88. The summed E-state index contributed by atoms with van der Waals surface area (Å²) in [5.41, 5.74) is 0.418. The van der Waals surface area contributed by atoms with Crippen molar-refractivity contribution < 1.29 is 9.53 Å². The number of aryl methyl sites for hydroxylation is 1. The van der Waals surface area contributed by atoms with Crippen molar-refractivity contribution >= 4 is 5.91 Å². The molecule has 1 aliphatic rings. The van der Waals surface area contributed by atoms with Crippen LogP contribution < -0.4 is 10.3 Å². The van der Waals surface area contributed by atoms with E-state index in [1.807, 2.05) is 6.07 Å². The SMILES string of the molecule is Cn1nc(C(=O)N2CC(Oc3cc(C#N)ccn3)C2)ccc1=O. The first-order valence-corrected chi connectivity index (χ1v) is 6.93. The highest BCUT2D eigenvalue weighted by Crippen LogP contribution is 2.18. The van der Waals surface area contributed by atoms with Crippen LogP contribution in [-0.2, 0) is 7.05 Å². The fourth-order valence-electron chi connectivity index (χ4n) is 2.17. The monoisotopic (exact) mass is 311 g/mol. The molecule has 1 amide bonds. The average molecular weight is 311 g/mol. The molecule has 3 rings (SSSR count). The molecule has 1 aliphatic heterocycles. The zero-order valence-electron chi connectivity index (χ0n) is 12.3. The summed E-state index contributed by atoms with van der Waals surface area (Å²) in [5, 5.41) is 12.8. The maximum atomic E-state index is 12.2. The third-order valence-corrected chi connectivity index (χ3v) is 3.47. The predicted octanol–water partition coefficient (Wildman–Crippen LogP) is -0.0496. The Morgan fingerprint density at radius 3 is 2.87 bits per heavy atom. The minimum Gasteiger partial charge on any atom is -0.471 e. The second-order valence-corrected chi connectivity index (χ2v) is 5.12. The molecule has 0 N–H and O–H groups in total. The number of likely N-dealkylation sites (tertiary alicyclic amines) is 1. The maximum absolute atomic E-state index is 12.2. The van der Waals surface area contributed by atoms with E-state index in [0.717, 1.165) is 4.68 Å². The molecule has 1 fully saturated rings. The highest BCUT2D eigenvalue weighted by Gasteiger charge is 2.33. The smallest absolute Gasteiger partial charge is 0.274 e. The molecule has 2 aromatic rings. The third-order valence-electron chi connectivity index (χ3n) is 3.47. The topological polar surface area (TPSA) is 101 Å². The van der Waals surface area contributed by atoms with Gasteiger partial charge in [-0.05, 0) is 12.1 Å². The fourth-order valence-corrected chi connectivity index (χ4v) is 2.17. The van der Waals surface area contributed by atoms with Crippen molar-refractivity contribution in [2.24, 2.45) is 7.05 Å². The molecule has 0 aromatic carbocycles. The largest absolute Gasteiger partial charge is 0.471 e. The van der Waals surface area contributed by atoms with Crippen LogP contribution in [0.25, 0.3) is 0 Å². The minimum absolute atomic E-state index is 0.173. The van der Waals surface area contributed by atoms with Gasteiger partial charge < -0.3 is 9.64 Å². The number of hydrogen-bond acceptors (Lipinski definition) is 6. The van der Waals surface area contributed by atoms with Gasteiger partial charge in [0.05, 0.1) is 24.7 Å². The number of pyridine rings is 1. The number of carbonyl (C=O) groups excluding carboxylic acids is 1. The number of nitriles is 1. The number of aromatic nitrogens is 3. The molecule has 0 saturated carbocycles. The van der Waals surface area contributed by atoms with E-state index < -0.39 is 0 Å². The first-order valence-electron chi connectivity index (χ1n) is 6.93. The van der Waals surface area contributed by atoms with Crippen LogP contribution in [0, 0.1) is 11.3 Å². The van der Waals surface area contributed by atoms with Gasteiger partial charge in [0.15, 0.2) is 0 Å². The van der Waals surface area contributed by atoms with E-state index in [0.29, 0.717) is 24.5 Å². The molecule has 0 bridgehead atoms. The molecule has 0 radical (unpaired) electrons. The Balaban J connectivity index is 1.60. The highest BCUT2D eigenvalue weighted by atomic mass is 16.5. The van der Waals surface area contributed by atoms with Gasteiger partial charge in [0, 0.05) is 25.4 Å². The lowest BCUT2D eigenvalue weighted by molar-refractivity contribution is 0.0154. The van der Waals surface area contributed by atoms with Crippen LogP contribution in [0.15, 0.2) is 35.3 Å². The van der Waals surface area contributed by atoms with Gasteiger partial charge in [-0.25, -0.2) is 9.67 Å². The molecule has 8 heteroatoms. The van der Waals surface area contributed by atoms with Crippen molar-refractivity contribution in [3.05, 3.63) is 52.1 Å². The van der Waals surface area contributed by atoms with E-state index in [4.69, 9.17) is 10.00 Å². The highest BCUT2D eigenvalue weighted by molar-refractivity contribution is 5.92. The van der Waals surface area contributed by atoms with Crippen LogP contribution in [-0.4, -0.2) is 44.8 Å². The lowest BCUT2D eigenvalue weighted by Gasteiger charge is -2.38. The van der Waals surface area contributed by atoms with Crippen molar-refractivity contribution in [2.45, 2.75) is 6.10 Å². The second-order valence-electron chi connectivity index (χ2n) is 5.12. The summed E-state index contributed by atoms with van der Waals surface area (Å²) >= 11 is 0. The van der Waals surface area contributed by atoms with Gasteiger partial charge in [0.1, 0.15) is 11.8 Å². The van der Waals surface area contributed by atoms with E-state index in [1.165, 1.54) is 25.4 Å². The normalized spacial score (nSPS) is 14.0. The van der Waals surface area contributed by atoms with Crippen molar-refractivity contribution in [2.75, 3.05) is 13.1 Å². The quantitative estimate of drug-likeness (QED) is 0.787. The standard InChI is InChI=1S/C15H13N5O3/c1-19-14(21)3-2-12(18-19)15(22)20-8-11(9-20)23-13-6-10(7-16)4-5-17-13/h2-6,11H,8-9H2,1H3. The van der Waals surface area contributed by atoms with Crippen LogP contribution in [0.1, 0.15) is 16.1 Å². The van der Waals surface area contributed by atoms with Crippen molar-refractivity contribution in [3.63, 3.8) is 0 Å². The summed E-state index contributed by atoms with van der Waals surface area (Å²) < 4.78 is 6.74. The zero-order valence-corrected chi connectivity index (χ0v) is 12.3. The van der Waals surface area contributed by atoms with E-state index in [2.05, 4.69) is 10.1 Å². The molecule has 0 atom stereocenters. The Hall–Kier alpha value is -3.21. The molecule has 23 heavy (non-hydrogen) atoms. The molecule has 0 unspecified atom stereocenters. The number of hydrogen-bond donors (Lipinski definition) is 0. The van der Waals surface area contributed by atoms with Gasteiger partial charge in [-0.3, -0.25) is 9.59 Å². The summed E-state index contributed by atoms with van der Waals surface area (Å²) in [6.45, 7) is 0.809. The van der Waals surface area contributed by atoms with E-state index in [9.17, 15) is 9.59 Å².